The third-order valence-corrected chi connectivity index (χ3v) is 8.16. The van der Waals surface area contributed by atoms with Crippen LogP contribution in [-0.2, 0) is 17.7 Å². The van der Waals surface area contributed by atoms with Gasteiger partial charge in [0.25, 0.3) is 0 Å². The molecule has 38 heavy (non-hydrogen) atoms. The van der Waals surface area contributed by atoms with Gasteiger partial charge in [-0.2, -0.15) is 9.97 Å². The number of hydrogen-bond acceptors (Lipinski definition) is 7. The van der Waals surface area contributed by atoms with Crippen molar-refractivity contribution in [1.82, 2.24) is 14.9 Å². The van der Waals surface area contributed by atoms with E-state index in [1.807, 2.05) is 37.8 Å². The van der Waals surface area contributed by atoms with Gasteiger partial charge in [0.2, 0.25) is 0 Å². The predicted molar refractivity (Wildman–Crippen MR) is 149 cm³/mol. The maximum Gasteiger partial charge on any atom is 0.410 e. The maximum atomic E-state index is 12.8. The van der Waals surface area contributed by atoms with Crippen molar-refractivity contribution in [2.75, 3.05) is 43.1 Å². The minimum atomic E-state index is -0.506. The van der Waals surface area contributed by atoms with E-state index in [2.05, 4.69) is 34.1 Å². The maximum absolute atomic E-state index is 12.8. The van der Waals surface area contributed by atoms with Crippen LogP contribution in [0.4, 0.5) is 16.3 Å². The third kappa shape index (κ3) is 4.49. The van der Waals surface area contributed by atoms with Gasteiger partial charge in [-0.05, 0) is 51.1 Å². The quantitative estimate of drug-likeness (QED) is 0.450. The monoisotopic (exact) mass is 535 g/mol. The van der Waals surface area contributed by atoms with E-state index in [0.29, 0.717) is 25.0 Å². The van der Waals surface area contributed by atoms with E-state index in [0.717, 1.165) is 65.5 Å². The topological polar surface area (TPSA) is 71.0 Å². The number of aromatic nitrogens is 2. The number of carbonyl (C=O) groups excluding carboxylic acids is 1. The van der Waals surface area contributed by atoms with Crippen LogP contribution in [0.3, 0.4) is 0 Å². The smallest absolute Gasteiger partial charge is 0.410 e. The number of halogens is 1. The molecule has 2 saturated heterocycles. The van der Waals surface area contributed by atoms with Gasteiger partial charge in [0.1, 0.15) is 11.4 Å². The summed E-state index contributed by atoms with van der Waals surface area (Å²) in [6.45, 7) is 9.47. The lowest BCUT2D eigenvalue weighted by molar-refractivity contribution is 0.0284. The lowest BCUT2D eigenvalue weighted by Crippen LogP contribution is -2.41. The summed E-state index contributed by atoms with van der Waals surface area (Å²) in [5.41, 5.74) is 2.76. The normalized spacial score (nSPS) is 21.0. The molecule has 0 saturated carbocycles. The Morgan fingerprint density at radius 2 is 1.87 bits per heavy atom. The summed E-state index contributed by atoms with van der Waals surface area (Å²) in [7, 11) is 1.61. The van der Waals surface area contributed by atoms with E-state index in [9.17, 15) is 4.79 Å². The number of hydrogen-bond donors (Lipinski definition) is 0. The van der Waals surface area contributed by atoms with E-state index in [1.54, 1.807) is 7.11 Å². The highest BCUT2D eigenvalue weighted by atomic mass is 35.5. The lowest BCUT2D eigenvalue weighted by atomic mass is 10.0. The summed E-state index contributed by atoms with van der Waals surface area (Å²) in [6, 6.07) is 12.9. The number of benzene rings is 2. The molecule has 8 nitrogen and oxygen atoms in total. The second-order valence-electron chi connectivity index (χ2n) is 11.4. The van der Waals surface area contributed by atoms with Gasteiger partial charge in [-0.25, -0.2) is 4.79 Å². The Kier molecular flexibility index (Phi) is 6.25. The van der Waals surface area contributed by atoms with Crippen LogP contribution in [0.25, 0.3) is 10.8 Å². The number of anilines is 2. The molecule has 3 aliphatic heterocycles. The van der Waals surface area contributed by atoms with Crippen molar-refractivity contribution in [1.29, 1.82) is 0 Å². The summed E-state index contributed by atoms with van der Waals surface area (Å²) >= 11 is 6.65. The van der Waals surface area contributed by atoms with Gasteiger partial charge in [-0.15, -0.1) is 0 Å². The molecule has 3 aliphatic rings. The summed E-state index contributed by atoms with van der Waals surface area (Å²) < 4.78 is 11.2. The van der Waals surface area contributed by atoms with Crippen molar-refractivity contribution in [3.05, 3.63) is 52.7 Å². The second kappa shape index (κ2) is 9.49. The number of rotatable bonds is 3. The molecular weight excluding hydrogens is 502 g/mol. The van der Waals surface area contributed by atoms with Gasteiger partial charge < -0.3 is 24.2 Å². The van der Waals surface area contributed by atoms with Crippen LogP contribution in [0.1, 0.15) is 38.4 Å². The minimum Gasteiger partial charge on any atom is -0.467 e. The van der Waals surface area contributed by atoms with Gasteiger partial charge in [0, 0.05) is 48.7 Å². The molecular formula is C29H34ClN5O3. The fourth-order valence-corrected chi connectivity index (χ4v) is 6.44. The zero-order valence-electron chi connectivity index (χ0n) is 22.4. The minimum absolute atomic E-state index is 0.209. The Morgan fingerprint density at radius 1 is 1.08 bits per heavy atom. The second-order valence-corrected chi connectivity index (χ2v) is 11.8. The number of carbonyl (C=O) groups is 1. The van der Waals surface area contributed by atoms with Gasteiger partial charge >= 0.3 is 12.1 Å². The third-order valence-electron chi connectivity index (χ3n) is 7.85. The van der Waals surface area contributed by atoms with Crippen molar-refractivity contribution >= 4 is 40.0 Å². The molecule has 2 atom stereocenters. The molecule has 0 spiro atoms. The highest BCUT2D eigenvalue weighted by Gasteiger charge is 2.45. The Hall–Kier alpha value is -3.26. The van der Waals surface area contributed by atoms with Crippen LogP contribution in [0.15, 0.2) is 36.4 Å². The Labute approximate surface area is 228 Å². The van der Waals surface area contributed by atoms with Gasteiger partial charge in [-0.1, -0.05) is 35.9 Å². The Bertz CT molecular complexity index is 1390. The van der Waals surface area contributed by atoms with E-state index in [1.165, 1.54) is 5.56 Å². The molecule has 1 amide bonds. The summed E-state index contributed by atoms with van der Waals surface area (Å²) in [6.07, 6.45) is 1.60. The van der Waals surface area contributed by atoms with Crippen LogP contribution in [-0.4, -0.2) is 65.9 Å². The average molecular weight is 536 g/mol. The highest BCUT2D eigenvalue weighted by Crippen LogP contribution is 2.40. The Morgan fingerprint density at radius 3 is 2.63 bits per heavy atom. The van der Waals surface area contributed by atoms with E-state index in [4.69, 9.17) is 31.0 Å². The summed E-state index contributed by atoms with van der Waals surface area (Å²) in [5, 5.41) is 2.95. The van der Waals surface area contributed by atoms with Crippen molar-refractivity contribution in [2.45, 2.75) is 51.8 Å². The van der Waals surface area contributed by atoms with Crippen molar-refractivity contribution in [2.24, 2.45) is 5.92 Å². The zero-order chi connectivity index (χ0) is 26.6. The molecule has 1 aromatic heterocycles. The zero-order valence-corrected chi connectivity index (χ0v) is 23.2. The van der Waals surface area contributed by atoms with E-state index in [-0.39, 0.29) is 12.1 Å². The molecule has 3 aromatic rings. The molecule has 0 N–H and O–H groups in total. The molecule has 2 unspecified atom stereocenters. The fraction of sp³-hybridized carbons (Fsp3) is 0.483. The Balaban J connectivity index is 1.30. The largest absolute Gasteiger partial charge is 0.467 e. The molecule has 9 heteroatoms. The molecule has 0 bridgehead atoms. The molecule has 0 aliphatic carbocycles. The van der Waals surface area contributed by atoms with Gasteiger partial charge in [0.15, 0.2) is 0 Å². The standard InChI is InChI=1S/C29H34ClN5O3/c1-29(2,3)38-28(36)34-15-19-11-14-35(24(19)17-34)26-20-12-13-33(16-22(20)31-27(32-26)37-4)23-10-6-8-18-7-5-9-21(30)25(18)23/h5-10,19,24H,11-17H2,1-4H3. The first kappa shape index (κ1) is 25.0. The first-order valence-corrected chi connectivity index (χ1v) is 13.7. The number of amides is 1. The predicted octanol–water partition coefficient (Wildman–Crippen LogP) is 5.30. The molecule has 200 valence electrons. The number of ether oxygens (including phenoxy) is 2. The van der Waals surface area contributed by atoms with Crippen LogP contribution in [0.5, 0.6) is 6.01 Å². The first-order valence-electron chi connectivity index (χ1n) is 13.3. The van der Waals surface area contributed by atoms with Crippen LogP contribution in [0.2, 0.25) is 5.02 Å². The van der Waals surface area contributed by atoms with Crippen molar-refractivity contribution in [3.63, 3.8) is 0 Å². The number of likely N-dealkylation sites (tertiary alicyclic amines) is 1. The fourth-order valence-electron chi connectivity index (χ4n) is 6.16. The van der Waals surface area contributed by atoms with Crippen molar-refractivity contribution in [3.8, 4) is 6.01 Å². The van der Waals surface area contributed by atoms with Crippen LogP contribution >= 0.6 is 11.6 Å². The number of nitrogens with zero attached hydrogens (tertiary/aromatic N) is 5. The molecule has 6 rings (SSSR count). The molecule has 2 fully saturated rings. The molecule has 0 radical (unpaired) electrons. The lowest BCUT2D eigenvalue weighted by Gasteiger charge is -2.34. The van der Waals surface area contributed by atoms with Crippen LogP contribution < -0.4 is 14.5 Å². The molecule has 2 aromatic carbocycles. The summed E-state index contributed by atoms with van der Waals surface area (Å²) in [4.78, 5) is 29.0. The van der Waals surface area contributed by atoms with Crippen molar-refractivity contribution < 1.29 is 14.3 Å². The molecule has 4 heterocycles. The summed E-state index contributed by atoms with van der Waals surface area (Å²) in [5.74, 6) is 1.35. The van der Waals surface area contributed by atoms with Gasteiger partial charge in [0.05, 0.1) is 30.4 Å². The SMILES string of the molecule is COc1nc2c(c(N3CCC4CN(C(=O)OC(C)(C)C)CC43)n1)CCN(c1cccc3cccc(Cl)c13)C2. The average Bonchev–Trinajstić information content (AvgIpc) is 3.48. The first-order chi connectivity index (χ1) is 18.2. The van der Waals surface area contributed by atoms with Gasteiger partial charge in [-0.3, -0.25) is 0 Å². The number of fused-ring (bicyclic) bond motifs is 3. The highest BCUT2D eigenvalue weighted by molar-refractivity contribution is 6.36. The van der Waals surface area contributed by atoms with E-state index < -0.39 is 5.60 Å². The number of methoxy groups -OCH3 is 1. The van der Waals surface area contributed by atoms with E-state index >= 15 is 0 Å². The van der Waals surface area contributed by atoms with Crippen LogP contribution in [0, 0.1) is 5.92 Å².